The molecule has 0 heterocycles. The Balaban J connectivity index is 2.79. The Labute approximate surface area is 124 Å². The molecule has 118 valence electrons. The number of amides is 1. The van der Waals surface area contributed by atoms with Crippen molar-refractivity contribution >= 4 is 5.91 Å². The summed E-state index contributed by atoms with van der Waals surface area (Å²) in [6.07, 6.45) is 5.99. The molecule has 0 spiro atoms. The average Bonchev–Trinajstić information content (AvgIpc) is 2.76. The molecule has 1 atom stereocenters. The third-order valence-electron chi connectivity index (χ3n) is 4.61. The Morgan fingerprint density at radius 3 is 2.20 bits per heavy atom. The van der Waals surface area contributed by atoms with Gasteiger partial charge in [-0.1, -0.05) is 47.5 Å². The highest BCUT2D eigenvalue weighted by Gasteiger charge is 2.42. The summed E-state index contributed by atoms with van der Waals surface area (Å²) in [7, 11) is 0. The molecule has 3 heteroatoms. The summed E-state index contributed by atoms with van der Waals surface area (Å²) in [5.74, 6) is 0.766. The van der Waals surface area contributed by atoms with Crippen LogP contribution in [0.1, 0.15) is 73.1 Å². The Morgan fingerprint density at radius 2 is 1.80 bits per heavy atom. The predicted octanol–water partition coefficient (Wildman–Crippen LogP) is 3.51. The van der Waals surface area contributed by atoms with E-state index in [9.17, 15) is 9.90 Å². The van der Waals surface area contributed by atoms with Gasteiger partial charge in [-0.2, -0.15) is 0 Å². The molecule has 0 bridgehead atoms. The van der Waals surface area contributed by atoms with Crippen molar-refractivity contribution in [3.05, 3.63) is 0 Å². The molecule has 0 aromatic rings. The molecule has 0 saturated heterocycles. The summed E-state index contributed by atoms with van der Waals surface area (Å²) in [5, 5.41) is 12.5. The first-order chi connectivity index (χ1) is 9.21. The second-order valence-electron chi connectivity index (χ2n) is 7.99. The van der Waals surface area contributed by atoms with Crippen molar-refractivity contribution in [1.82, 2.24) is 5.32 Å². The number of aliphatic hydroxyl groups excluding tert-OH is 1. The quantitative estimate of drug-likeness (QED) is 0.783. The standard InChI is InChI=1S/C17H33NO2/c1-13(2)12-17(9-6-7-10-17)15(20)18-14(8-11-19)16(3,4)5/h13-14,19H,6-12H2,1-5H3,(H,18,20). The van der Waals surface area contributed by atoms with E-state index in [-0.39, 0.29) is 29.4 Å². The van der Waals surface area contributed by atoms with E-state index in [0.29, 0.717) is 12.3 Å². The van der Waals surface area contributed by atoms with Crippen molar-refractivity contribution in [1.29, 1.82) is 0 Å². The van der Waals surface area contributed by atoms with Crippen LogP contribution in [0.15, 0.2) is 0 Å². The van der Waals surface area contributed by atoms with Crippen LogP contribution in [0.2, 0.25) is 0 Å². The summed E-state index contributed by atoms with van der Waals surface area (Å²) in [6.45, 7) is 10.9. The van der Waals surface area contributed by atoms with Crippen molar-refractivity contribution < 1.29 is 9.90 Å². The summed E-state index contributed by atoms with van der Waals surface area (Å²) >= 11 is 0. The topological polar surface area (TPSA) is 49.3 Å². The Morgan fingerprint density at radius 1 is 1.25 bits per heavy atom. The van der Waals surface area contributed by atoms with Crippen LogP contribution in [0.25, 0.3) is 0 Å². The fourth-order valence-electron chi connectivity index (χ4n) is 3.52. The van der Waals surface area contributed by atoms with Crippen LogP contribution in [-0.2, 0) is 4.79 Å². The Bertz CT molecular complexity index is 311. The zero-order valence-electron chi connectivity index (χ0n) is 14.0. The van der Waals surface area contributed by atoms with E-state index in [1.54, 1.807) is 0 Å². The second kappa shape index (κ2) is 6.93. The van der Waals surface area contributed by atoms with E-state index in [1.807, 2.05) is 0 Å². The largest absolute Gasteiger partial charge is 0.396 e. The van der Waals surface area contributed by atoms with Gasteiger partial charge in [0.25, 0.3) is 0 Å². The van der Waals surface area contributed by atoms with Gasteiger partial charge in [-0.25, -0.2) is 0 Å². The average molecular weight is 283 g/mol. The lowest BCUT2D eigenvalue weighted by Crippen LogP contribution is -2.50. The van der Waals surface area contributed by atoms with Gasteiger partial charge < -0.3 is 10.4 Å². The molecule has 1 rings (SSSR count). The zero-order chi connectivity index (χ0) is 15.4. The van der Waals surface area contributed by atoms with Crippen LogP contribution in [0, 0.1) is 16.7 Å². The molecule has 1 saturated carbocycles. The lowest BCUT2D eigenvalue weighted by Gasteiger charge is -2.36. The number of aliphatic hydroxyl groups is 1. The minimum Gasteiger partial charge on any atom is -0.396 e. The van der Waals surface area contributed by atoms with Crippen LogP contribution in [0.4, 0.5) is 0 Å². The summed E-state index contributed by atoms with van der Waals surface area (Å²) in [5.41, 5.74) is -0.177. The number of rotatable bonds is 6. The molecule has 2 N–H and O–H groups in total. The SMILES string of the molecule is CC(C)CC1(C(=O)NC(CCO)C(C)(C)C)CCCC1. The molecule has 1 amide bonds. The van der Waals surface area contributed by atoms with Crippen LogP contribution in [-0.4, -0.2) is 23.7 Å². The van der Waals surface area contributed by atoms with E-state index < -0.39 is 0 Å². The van der Waals surface area contributed by atoms with Gasteiger partial charge in [0, 0.05) is 18.1 Å². The normalized spacial score (nSPS) is 20.1. The van der Waals surface area contributed by atoms with Crippen LogP contribution in [0.3, 0.4) is 0 Å². The van der Waals surface area contributed by atoms with Crippen LogP contribution in [0.5, 0.6) is 0 Å². The first-order valence-corrected chi connectivity index (χ1v) is 8.13. The third-order valence-corrected chi connectivity index (χ3v) is 4.61. The van der Waals surface area contributed by atoms with Gasteiger partial charge in [0.1, 0.15) is 0 Å². The van der Waals surface area contributed by atoms with Crippen molar-refractivity contribution in [2.24, 2.45) is 16.7 Å². The first-order valence-electron chi connectivity index (χ1n) is 8.13. The van der Waals surface area contributed by atoms with Gasteiger partial charge in [-0.05, 0) is 37.0 Å². The van der Waals surface area contributed by atoms with E-state index in [0.717, 1.165) is 19.3 Å². The molecule has 1 fully saturated rings. The van der Waals surface area contributed by atoms with Gasteiger partial charge in [0.15, 0.2) is 0 Å². The van der Waals surface area contributed by atoms with Gasteiger partial charge in [-0.3, -0.25) is 4.79 Å². The minimum absolute atomic E-state index is 0.0178. The molecule has 3 nitrogen and oxygen atoms in total. The van der Waals surface area contributed by atoms with Gasteiger partial charge >= 0.3 is 0 Å². The fraction of sp³-hybridized carbons (Fsp3) is 0.941. The molecule has 20 heavy (non-hydrogen) atoms. The fourth-order valence-corrected chi connectivity index (χ4v) is 3.52. The highest BCUT2D eigenvalue weighted by Crippen LogP contribution is 2.43. The number of hydrogen-bond acceptors (Lipinski definition) is 2. The number of hydrogen-bond donors (Lipinski definition) is 2. The Hall–Kier alpha value is -0.570. The zero-order valence-corrected chi connectivity index (χ0v) is 14.0. The highest BCUT2D eigenvalue weighted by atomic mass is 16.3. The molecule has 1 aliphatic rings. The first kappa shape index (κ1) is 17.5. The summed E-state index contributed by atoms with van der Waals surface area (Å²) < 4.78 is 0. The van der Waals surface area contributed by atoms with Crippen molar-refractivity contribution in [3.8, 4) is 0 Å². The monoisotopic (exact) mass is 283 g/mol. The van der Waals surface area contributed by atoms with Gasteiger partial charge in [0.05, 0.1) is 0 Å². The maximum absolute atomic E-state index is 12.8. The van der Waals surface area contributed by atoms with Crippen molar-refractivity contribution in [3.63, 3.8) is 0 Å². The molecular formula is C17H33NO2. The number of nitrogens with one attached hydrogen (secondary N) is 1. The van der Waals surface area contributed by atoms with Crippen molar-refractivity contribution in [2.75, 3.05) is 6.61 Å². The summed E-state index contributed by atoms with van der Waals surface area (Å²) in [4.78, 5) is 12.8. The van der Waals surface area contributed by atoms with E-state index >= 15 is 0 Å². The smallest absolute Gasteiger partial charge is 0.226 e. The molecule has 0 aromatic heterocycles. The van der Waals surface area contributed by atoms with E-state index in [4.69, 9.17) is 0 Å². The minimum atomic E-state index is -0.160. The molecular weight excluding hydrogens is 250 g/mol. The van der Waals surface area contributed by atoms with Crippen molar-refractivity contribution in [2.45, 2.75) is 79.2 Å². The molecule has 0 radical (unpaired) electrons. The lowest BCUT2D eigenvalue weighted by molar-refractivity contribution is -0.133. The Kier molecular flexibility index (Phi) is 6.06. The maximum Gasteiger partial charge on any atom is 0.226 e. The van der Waals surface area contributed by atoms with Crippen LogP contribution < -0.4 is 5.32 Å². The molecule has 1 aliphatic carbocycles. The third kappa shape index (κ3) is 4.47. The lowest BCUT2D eigenvalue weighted by atomic mass is 9.76. The van der Waals surface area contributed by atoms with E-state index in [2.05, 4.69) is 39.9 Å². The van der Waals surface area contributed by atoms with Crippen LogP contribution >= 0.6 is 0 Å². The molecule has 0 aromatic carbocycles. The number of carbonyl (C=O) groups excluding carboxylic acids is 1. The van der Waals surface area contributed by atoms with Gasteiger partial charge in [-0.15, -0.1) is 0 Å². The number of carbonyl (C=O) groups is 1. The molecule has 1 unspecified atom stereocenters. The maximum atomic E-state index is 12.8. The predicted molar refractivity (Wildman–Crippen MR) is 83.4 cm³/mol. The highest BCUT2D eigenvalue weighted by molar-refractivity contribution is 5.83. The second-order valence-corrected chi connectivity index (χ2v) is 7.99. The summed E-state index contributed by atoms with van der Waals surface area (Å²) in [6, 6.07) is 0.0460. The molecule has 0 aliphatic heterocycles. The van der Waals surface area contributed by atoms with E-state index in [1.165, 1.54) is 12.8 Å². The van der Waals surface area contributed by atoms with Gasteiger partial charge in [0.2, 0.25) is 5.91 Å².